The van der Waals surface area contributed by atoms with Crippen molar-refractivity contribution in [3.05, 3.63) is 144 Å². The highest BCUT2D eigenvalue weighted by Gasteiger charge is 2.31. The molecule has 8 rings (SSSR count). The van der Waals surface area contributed by atoms with Gasteiger partial charge in [0.1, 0.15) is 12.4 Å². The number of fused-ring (bicyclic) bond motifs is 6. The Kier molecular flexibility index (Phi) is 8.89. The average Bonchev–Trinajstić information content (AvgIpc) is 3.85. The fraction of sp³-hybridized carbons (Fsp3) is 0.250. The van der Waals surface area contributed by atoms with E-state index in [4.69, 9.17) is 9.72 Å². The first kappa shape index (κ1) is 36.2. The van der Waals surface area contributed by atoms with Crippen LogP contribution in [0.3, 0.4) is 0 Å². The number of nitrogens with zero attached hydrogens (tertiary/aromatic N) is 4. The summed E-state index contributed by atoms with van der Waals surface area (Å²) in [5.41, 5.74) is 7.69. The maximum atomic E-state index is 13.8. The SMILES string of the molecule is Cc1ccc(S(=O)(=O)n2ccc3c2ncc2c(-c4ccc(C(C)(C)O)cc4)nc(CCC(C)(C)NC(=O)OCC4c5ccccc5-c5ccccc54)n23)cc1. The van der Waals surface area contributed by atoms with E-state index in [-0.39, 0.29) is 23.1 Å². The molecule has 0 saturated heterocycles. The largest absolute Gasteiger partial charge is 0.449 e. The van der Waals surface area contributed by atoms with Gasteiger partial charge >= 0.3 is 6.09 Å². The summed E-state index contributed by atoms with van der Waals surface area (Å²) in [6.45, 7) is 9.49. The lowest BCUT2D eigenvalue weighted by Gasteiger charge is -2.26. The lowest BCUT2D eigenvalue weighted by molar-refractivity contribution is 0.0786. The van der Waals surface area contributed by atoms with Gasteiger partial charge in [0.15, 0.2) is 5.65 Å². The number of imidazole rings is 1. The molecule has 0 fully saturated rings. The van der Waals surface area contributed by atoms with Gasteiger partial charge in [0.05, 0.1) is 33.4 Å². The number of aromatic nitrogens is 4. The van der Waals surface area contributed by atoms with E-state index in [0.29, 0.717) is 35.4 Å². The quantitative estimate of drug-likeness (QED) is 0.144. The number of carbonyl (C=O) groups is 1. The maximum Gasteiger partial charge on any atom is 0.407 e. The fourth-order valence-corrected chi connectivity index (χ4v) is 8.81. The monoisotopic (exact) mass is 753 g/mol. The van der Waals surface area contributed by atoms with Gasteiger partial charge in [-0.15, -0.1) is 0 Å². The molecule has 0 unspecified atom stereocenters. The van der Waals surface area contributed by atoms with Gasteiger partial charge in [0, 0.05) is 29.6 Å². The molecule has 55 heavy (non-hydrogen) atoms. The third kappa shape index (κ3) is 6.68. The van der Waals surface area contributed by atoms with Gasteiger partial charge in [-0.05, 0) is 87.1 Å². The zero-order chi connectivity index (χ0) is 38.7. The van der Waals surface area contributed by atoms with Gasteiger partial charge in [-0.3, -0.25) is 4.40 Å². The normalized spacial score (nSPS) is 13.3. The van der Waals surface area contributed by atoms with Crippen LogP contribution in [0.1, 0.15) is 68.1 Å². The number of aliphatic hydroxyl groups is 1. The van der Waals surface area contributed by atoms with Crippen LogP contribution in [0.5, 0.6) is 0 Å². The standard InChI is InChI=1S/C44H43N5O5S/c1-28-14-20-31(21-15-28)55(52,53)48-25-23-37-41(48)45-26-38-40(29-16-18-30(19-17-29)44(4,5)51)46-39(49(37)38)22-24-43(2,3)47-42(50)54-27-36-34-12-8-6-10-32(34)33-11-7-9-13-35(33)36/h6-21,23,25-26,36,51H,22,24,27H2,1-5H3,(H,47,50). The first-order valence-electron chi connectivity index (χ1n) is 18.4. The van der Waals surface area contributed by atoms with Gasteiger partial charge in [-0.2, -0.15) is 0 Å². The minimum Gasteiger partial charge on any atom is -0.449 e. The van der Waals surface area contributed by atoms with Crippen molar-refractivity contribution >= 4 is 32.8 Å². The number of hydrogen-bond acceptors (Lipinski definition) is 7. The van der Waals surface area contributed by atoms with Crippen molar-refractivity contribution < 1.29 is 23.1 Å². The predicted molar refractivity (Wildman–Crippen MR) is 214 cm³/mol. The van der Waals surface area contributed by atoms with Crippen molar-refractivity contribution in [2.45, 2.75) is 69.4 Å². The Morgan fingerprint density at radius 3 is 2.13 bits per heavy atom. The molecule has 0 atom stereocenters. The Morgan fingerprint density at radius 1 is 0.855 bits per heavy atom. The average molecular weight is 754 g/mol. The number of rotatable bonds is 10. The Labute approximate surface area is 320 Å². The zero-order valence-corrected chi connectivity index (χ0v) is 32.3. The van der Waals surface area contributed by atoms with E-state index in [1.165, 1.54) is 21.3 Å². The van der Waals surface area contributed by atoms with Crippen LogP contribution in [0, 0.1) is 6.92 Å². The zero-order valence-electron chi connectivity index (χ0n) is 31.4. The van der Waals surface area contributed by atoms with Crippen molar-refractivity contribution in [1.82, 2.24) is 23.7 Å². The Hall–Kier alpha value is -5.78. The Morgan fingerprint density at radius 2 is 1.49 bits per heavy atom. The van der Waals surface area contributed by atoms with Crippen LogP contribution in [-0.2, 0) is 26.8 Å². The molecule has 2 N–H and O–H groups in total. The van der Waals surface area contributed by atoms with E-state index in [9.17, 15) is 18.3 Å². The minimum atomic E-state index is -3.94. The Balaban J connectivity index is 1.08. The highest BCUT2D eigenvalue weighted by Crippen LogP contribution is 2.44. The number of amides is 1. The summed E-state index contributed by atoms with van der Waals surface area (Å²) in [4.78, 5) is 23.3. The maximum absolute atomic E-state index is 13.8. The second-order valence-corrected chi connectivity index (χ2v) is 17.3. The second kappa shape index (κ2) is 13.5. The molecule has 1 amide bonds. The molecule has 1 aliphatic carbocycles. The predicted octanol–water partition coefficient (Wildman–Crippen LogP) is 8.37. The molecular weight excluding hydrogens is 711 g/mol. The first-order chi connectivity index (χ1) is 26.2. The highest BCUT2D eigenvalue weighted by molar-refractivity contribution is 7.90. The van der Waals surface area contributed by atoms with Gasteiger partial charge in [0.25, 0.3) is 10.0 Å². The van der Waals surface area contributed by atoms with Gasteiger partial charge in [-0.1, -0.05) is 90.5 Å². The molecule has 0 spiro atoms. The van der Waals surface area contributed by atoms with Crippen molar-refractivity contribution in [1.29, 1.82) is 0 Å². The third-order valence-electron chi connectivity index (χ3n) is 10.5. The van der Waals surface area contributed by atoms with Gasteiger partial charge < -0.3 is 15.2 Å². The second-order valence-electron chi connectivity index (χ2n) is 15.5. The van der Waals surface area contributed by atoms with Crippen LogP contribution in [-0.4, -0.2) is 50.1 Å². The summed E-state index contributed by atoms with van der Waals surface area (Å²) in [6, 6.07) is 32.5. The van der Waals surface area contributed by atoms with Gasteiger partial charge in [-0.25, -0.2) is 27.2 Å². The van der Waals surface area contributed by atoms with Crippen molar-refractivity contribution in [2.24, 2.45) is 0 Å². The third-order valence-corrected chi connectivity index (χ3v) is 12.2. The summed E-state index contributed by atoms with van der Waals surface area (Å²) in [7, 11) is -3.94. The summed E-state index contributed by atoms with van der Waals surface area (Å²) < 4.78 is 36.7. The molecule has 0 bridgehead atoms. The van der Waals surface area contributed by atoms with Gasteiger partial charge in [0.2, 0.25) is 0 Å². The number of ether oxygens (including phenoxy) is 1. The molecule has 0 saturated carbocycles. The molecule has 0 radical (unpaired) electrons. The van der Waals surface area contributed by atoms with E-state index in [2.05, 4.69) is 34.6 Å². The number of carbonyl (C=O) groups excluding carboxylic acids is 1. The molecule has 3 heterocycles. The van der Waals surface area contributed by atoms with E-state index in [1.807, 2.05) is 73.7 Å². The number of hydrogen-bond donors (Lipinski definition) is 2. The number of nitrogens with one attached hydrogen (secondary N) is 1. The van der Waals surface area contributed by atoms with E-state index >= 15 is 0 Å². The lowest BCUT2D eigenvalue weighted by atomic mass is 9.97. The summed E-state index contributed by atoms with van der Waals surface area (Å²) in [6.07, 6.45) is 3.61. The van der Waals surface area contributed by atoms with Crippen molar-refractivity contribution in [2.75, 3.05) is 6.61 Å². The van der Waals surface area contributed by atoms with Crippen molar-refractivity contribution in [3.63, 3.8) is 0 Å². The molecule has 11 heteroatoms. The van der Waals surface area contributed by atoms with Crippen LogP contribution in [0.25, 0.3) is 39.1 Å². The molecule has 3 aromatic heterocycles. The molecule has 0 aliphatic heterocycles. The molecule has 7 aromatic rings. The van der Waals surface area contributed by atoms with Crippen molar-refractivity contribution in [3.8, 4) is 22.4 Å². The van der Waals surface area contributed by atoms with Crippen LogP contribution in [0.4, 0.5) is 4.79 Å². The number of aryl methyl sites for hydroxylation is 2. The summed E-state index contributed by atoms with van der Waals surface area (Å²) in [5.74, 6) is 0.628. The molecule has 10 nitrogen and oxygen atoms in total. The summed E-state index contributed by atoms with van der Waals surface area (Å²) >= 11 is 0. The topological polar surface area (TPSA) is 128 Å². The highest BCUT2D eigenvalue weighted by atomic mass is 32.2. The van der Waals surface area contributed by atoms with E-state index in [0.717, 1.165) is 27.8 Å². The first-order valence-corrected chi connectivity index (χ1v) is 19.8. The molecule has 1 aliphatic rings. The van der Waals surface area contributed by atoms with E-state index < -0.39 is 27.3 Å². The number of benzene rings is 4. The lowest BCUT2D eigenvalue weighted by Crippen LogP contribution is -2.44. The van der Waals surface area contributed by atoms with Crippen LogP contribution < -0.4 is 5.32 Å². The summed E-state index contributed by atoms with van der Waals surface area (Å²) in [5, 5.41) is 13.6. The van der Waals surface area contributed by atoms with Crippen LogP contribution in [0.2, 0.25) is 0 Å². The molecule has 4 aromatic carbocycles. The van der Waals surface area contributed by atoms with E-state index in [1.54, 1.807) is 50.4 Å². The minimum absolute atomic E-state index is 0.0494. The molecule has 280 valence electrons. The van der Waals surface area contributed by atoms with Crippen LogP contribution in [0.15, 0.2) is 120 Å². The fourth-order valence-electron chi connectivity index (χ4n) is 7.52. The molecular formula is C44H43N5O5S. The number of alkyl carbamates (subject to hydrolysis) is 1. The van der Waals surface area contributed by atoms with Crippen LogP contribution >= 0.6 is 0 Å². The smallest absolute Gasteiger partial charge is 0.407 e. The Bertz CT molecular complexity index is 2640.